The minimum Gasteiger partial charge on any atom is -0.312 e. The number of benzene rings is 1. The molecule has 6 nitrogen and oxygen atoms in total. The number of amides is 1. The lowest BCUT2D eigenvalue weighted by atomic mass is 10.2. The van der Waals surface area contributed by atoms with Crippen molar-refractivity contribution in [2.24, 2.45) is 4.99 Å². The topological polar surface area (TPSA) is 77.5 Å². The highest BCUT2D eigenvalue weighted by molar-refractivity contribution is 7.16. The fourth-order valence-electron chi connectivity index (χ4n) is 2.51. The molecule has 1 amide bonds. The predicted octanol–water partition coefficient (Wildman–Crippen LogP) is 4.31. The van der Waals surface area contributed by atoms with Gasteiger partial charge in [0.05, 0.1) is 15.1 Å². The molecule has 0 N–H and O–H groups in total. The van der Waals surface area contributed by atoms with Gasteiger partial charge in [-0.05, 0) is 30.7 Å². The number of nitrogens with zero attached hydrogens (tertiary/aromatic N) is 3. The predicted molar refractivity (Wildman–Crippen MR) is 105 cm³/mol. The fraction of sp³-hybridized carbons (Fsp3) is 0.111. The van der Waals surface area contributed by atoms with Crippen LogP contribution >= 0.6 is 22.7 Å². The molecular formula is C18H15N3O3S2. The molecule has 2 aromatic heterocycles. The SMILES string of the molecule is C=CCn1c(=NC(=O)/C=C/c2ccc([N+](=O)[O-])s2)sc2cccc(C)c21. The molecule has 0 aliphatic rings. The van der Waals surface area contributed by atoms with E-state index < -0.39 is 10.8 Å². The molecule has 0 saturated heterocycles. The number of hydrogen-bond donors (Lipinski definition) is 0. The van der Waals surface area contributed by atoms with Crippen molar-refractivity contribution in [3.05, 3.63) is 74.4 Å². The third kappa shape index (κ3) is 3.71. The minimum absolute atomic E-state index is 0.0397. The number of fused-ring (bicyclic) bond motifs is 1. The Morgan fingerprint density at radius 1 is 1.35 bits per heavy atom. The van der Waals surface area contributed by atoms with Gasteiger partial charge in [-0.2, -0.15) is 4.99 Å². The molecule has 8 heteroatoms. The second-order valence-corrected chi connectivity index (χ2v) is 7.52. The average Bonchev–Trinajstić information content (AvgIpc) is 3.20. The van der Waals surface area contributed by atoms with Crippen molar-refractivity contribution in [1.82, 2.24) is 4.57 Å². The summed E-state index contributed by atoms with van der Waals surface area (Å²) in [7, 11) is 0. The van der Waals surface area contributed by atoms with E-state index in [9.17, 15) is 14.9 Å². The van der Waals surface area contributed by atoms with Crippen LogP contribution < -0.4 is 4.80 Å². The Kier molecular flexibility index (Phi) is 5.24. The number of hydrogen-bond acceptors (Lipinski definition) is 5. The van der Waals surface area contributed by atoms with Crippen molar-refractivity contribution in [2.45, 2.75) is 13.5 Å². The second kappa shape index (κ2) is 7.59. The highest BCUT2D eigenvalue weighted by Gasteiger charge is 2.09. The first-order chi connectivity index (χ1) is 12.5. The Balaban J connectivity index is 1.95. The average molecular weight is 385 g/mol. The van der Waals surface area contributed by atoms with E-state index >= 15 is 0 Å². The molecule has 132 valence electrons. The lowest BCUT2D eigenvalue weighted by Crippen LogP contribution is -2.16. The summed E-state index contributed by atoms with van der Waals surface area (Å²) in [6, 6.07) is 9.01. The molecule has 0 spiro atoms. The van der Waals surface area contributed by atoms with Crippen molar-refractivity contribution >= 4 is 49.9 Å². The fourth-order valence-corrected chi connectivity index (χ4v) is 4.35. The molecule has 0 aliphatic heterocycles. The summed E-state index contributed by atoms with van der Waals surface area (Å²) in [5.74, 6) is -0.414. The van der Waals surface area contributed by atoms with Gasteiger partial charge in [0.25, 0.3) is 5.91 Å². The van der Waals surface area contributed by atoms with Gasteiger partial charge in [0.1, 0.15) is 0 Å². The summed E-state index contributed by atoms with van der Waals surface area (Å²) in [5, 5.41) is 10.7. The van der Waals surface area contributed by atoms with Gasteiger partial charge in [-0.1, -0.05) is 40.9 Å². The third-order valence-electron chi connectivity index (χ3n) is 3.60. The Labute approximate surface area is 157 Å². The van der Waals surface area contributed by atoms with Crippen LogP contribution in [0.2, 0.25) is 0 Å². The normalized spacial score (nSPS) is 12.1. The molecule has 1 aromatic carbocycles. The first kappa shape index (κ1) is 18.0. The number of aromatic nitrogens is 1. The Hall–Kier alpha value is -2.84. The molecule has 3 aromatic rings. The van der Waals surface area contributed by atoms with Crippen LogP contribution in [0.1, 0.15) is 10.4 Å². The van der Waals surface area contributed by atoms with Crippen LogP contribution in [0.3, 0.4) is 0 Å². The van der Waals surface area contributed by atoms with Gasteiger partial charge in [-0.15, -0.1) is 6.58 Å². The molecule has 0 fully saturated rings. The van der Waals surface area contributed by atoms with Gasteiger partial charge >= 0.3 is 5.00 Å². The lowest BCUT2D eigenvalue weighted by Gasteiger charge is -2.03. The number of allylic oxidation sites excluding steroid dienone is 1. The largest absolute Gasteiger partial charge is 0.324 e. The van der Waals surface area contributed by atoms with E-state index in [0.717, 1.165) is 27.1 Å². The van der Waals surface area contributed by atoms with E-state index in [2.05, 4.69) is 11.6 Å². The molecule has 0 atom stereocenters. The van der Waals surface area contributed by atoms with Crippen molar-refractivity contribution in [3.63, 3.8) is 0 Å². The second-order valence-electron chi connectivity index (χ2n) is 5.42. The molecule has 0 bridgehead atoms. The van der Waals surface area contributed by atoms with Gasteiger partial charge in [0.15, 0.2) is 4.80 Å². The van der Waals surface area contributed by atoms with E-state index in [4.69, 9.17) is 0 Å². The van der Waals surface area contributed by atoms with Gasteiger partial charge in [0, 0.05) is 23.6 Å². The number of thiazole rings is 1. The zero-order valence-corrected chi connectivity index (χ0v) is 15.5. The van der Waals surface area contributed by atoms with E-state index in [-0.39, 0.29) is 5.00 Å². The van der Waals surface area contributed by atoms with Gasteiger partial charge < -0.3 is 4.57 Å². The maximum atomic E-state index is 12.2. The number of carbonyl (C=O) groups is 1. The van der Waals surface area contributed by atoms with E-state index in [1.165, 1.54) is 23.5 Å². The van der Waals surface area contributed by atoms with E-state index in [1.807, 2.05) is 29.7 Å². The molecule has 26 heavy (non-hydrogen) atoms. The maximum absolute atomic E-state index is 12.2. The summed E-state index contributed by atoms with van der Waals surface area (Å²) in [6.45, 7) is 6.35. The number of para-hydroxylation sites is 1. The van der Waals surface area contributed by atoms with Crippen LogP contribution in [0.5, 0.6) is 0 Å². The van der Waals surface area contributed by atoms with Crippen molar-refractivity contribution in [1.29, 1.82) is 0 Å². The first-order valence-corrected chi connectivity index (χ1v) is 9.33. The monoisotopic (exact) mass is 385 g/mol. The van der Waals surface area contributed by atoms with Crippen LogP contribution in [-0.2, 0) is 11.3 Å². The Morgan fingerprint density at radius 2 is 2.15 bits per heavy atom. The van der Waals surface area contributed by atoms with Gasteiger partial charge in [-0.25, -0.2) is 0 Å². The molecule has 0 saturated carbocycles. The third-order valence-corrected chi connectivity index (χ3v) is 5.65. The van der Waals surface area contributed by atoms with Crippen LogP contribution in [0.4, 0.5) is 5.00 Å². The van der Waals surface area contributed by atoms with E-state index in [1.54, 1.807) is 18.2 Å². The Bertz CT molecular complexity index is 1100. The standard InChI is InChI=1S/C18H15N3O3S2/c1-3-11-20-17-12(2)5-4-6-14(17)26-18(20)19-15(22)9-7-13-8-10-16(25-13)21(23)24/h3-10H,1,11H2,2H3/b9-7+,19-18?. The van der Waals surface area contributed by atoms with Crippen LogP contribution in [-0.4, -0.2) is 15.4 Å². The summed E-state index contributed by atoms with van der Waals surface area (Å²) in [5.41, 5.74) is 2.15. The van der Waals surface area contributed by atoms with Crippen molar-refractivity contribution < 1.29 is 9.72 Å². The minimum atomic E-state index is -0.452. The number of rotatable bonds is 5. The highest BCUT2D eigenvalue weighted by atomic mass is 32.1. The zero-order chi connectivity index (χ0) is 18.7. The smallest absolute Gasteiger partial charge is 0.312 e. The Morgan fingerprint density at radius 3 is 2.85 bits per heavy atom. The number of thiophene rings is 1. The summed E-state index contributed by atoms with van der Waals surface area (Å²) < 4.78 is 3.01. The maximum Gasteiger partial charge on any atom is 0.324 e. The quantitative estimate of drug-likeness (QED) is 0.284. The first-order valence-electron chi connectivity index (χ1n) is 7.70. The van der Waals surface area contributed by atoms with Crippen molar-refractivity contribution in [3.8, 4) is 0 Å². The molecule has 0 radical (unpaired) electrons. The number of nitro groups is 1. The van der Waals surface area contributed by atoms with Crippen molar-refractivity contribution in [2.75, 3.05) is 0 Å². The molecule has 0 unspecified atom stereocenters. The summed E-state index contributed by atoms with van der Waals surface area (Å²) in [6.07, 6.45) is 4.63. The highest BCUT2D eigenvalue weighted by Crippen LogP contribution is 2.25. The number of carbonyl (C=O) groups excluding carboxylic acids is 1. The number of aryl methyl sites for hydroxylation is 1. The molecule has 2 heterocycles. The van der Waals surface area contributed by atoms with Gasteiger partial charge in [-0.3, -0.25) is 14.9 Å². The summed E-state index contributed by atoms with van der Waals surface area (Å²) >= 11 is 2.45. The zero-order valence-electron chi connectivity index (χ0n) is 13.9. The van der Waals surface area contributed by atoms with Crippen LogP contribution in [0.25, 0.3) is 16.3 Å². The van der Waals surface area contributed by atoms with Crippen LogP contribution in [0.15, 0.2) is 54.1 Å². The molecular weight excluding hydrogens is 370 g/mol. The molecule has 3 rings (SSSR count). The van der Waals surface area contributed by atoms with Gasteiger partial charge in [0.2, 0.25) is 0 Å². The summed E-state index contributed by atoms with van der Waals surface area (Å²) in [4.78, 5) is 27.9. The van der Waals surface area contributed by atoms with Crippen LogP contribution in [0, 0.1) is 17.0 Å². The molecule has 0 aliphatic carbocycles. The lowest BCUT2D eigenvalue weighted by molar-refractivity contribution is -0.380. The van der Waals surface area contributed by atoms with E-state index in [0.29, 0.717) is 16.2 Å².